The van der Waals surface area contributed by atoms with E-state index in [1.165, 1.54) is 44.2 Å². The summed E-state index contributed by atoms with van der Waals surface area (Å²) in [6, 6.07) is 12.3. The van der Waals surface area contributed by atoms with Gasteiger partial charge in [-0.15, -0.1) is 11.3 Å². The summed E-state index contributed by atoms with van der Waals surface area (Å²) < 4.78 is 46.2. The summed E-state index contributed by atoms with van der Waals surface area (Å²) in [5.41, 5.74) is 0.390. The molecule has 8 nitrogen and oxygen atoms in total. The van der Waals surface area contributed by atoms with Gasteiger partial charge in [0.15, 0.2) is 5.13 Å². The first-order valence-corrected chi connectivity index (χ1v) is 11.8. The Labute approximate surface area is 188 Å². The van der Waals surface area contributed by atoms with Crippen LogP contribution in [0, 0.1) is 5.82 Å². The summed E-state index contributed by atoms with van der Waals surface area (Å²) >= 11 is 1.08. The number of sulfonamides is 1. The lowest BCUT2D eigenvalue weighted by molar-refractivity contribution is -0.146. The Morgan fingerprint density at radius 3 is 2.47 bits per heavy atom. The van der Waals surface area contributed by atoms with Gasteiger partial charge in [-0.1, -0.05) is 30.3 Å². The maximum absolute atomic E-state index is 14.2. The molecule has 0 aliphatic rings. The van der Waals surface area contributed by atoms with Gasteiger partial charge in [0.1, 0.15) is 18.5 Å². The van der Waals surface area contributed by atoms with Crippen LogP contribution >= 0.6 is 11.3 Å². The number of nitrogens with zero attached hydrogens (tertiary/aromatic N) is 2. The zero-order chi connectivity index (χ0) is 23.3. The summed E-state index contributed by atoms with van der Waals surface area (Å²) in [7, 11) is -3.88. The Kier molecular flexibility index (Phi) is 7.33. The molecule has 0 saturated carbocycles. The lowest BCUT2D eigenvalue weighted by Gasteiger charge is -2.18. The quantitative estimate of drug-likeness (QED) is 0.499. The molecule has 1 amide bonds. The third-order valence-electron chi connectivity index (χ3n) is 4.24. The molecule has 0 aliphatic heterocycles. The molecule has 0 radical (unpaired) electrons. The third-order valence-corrected chi connectivity index (χ3v) is 6.67. The number of esters is 1. The lowest BCUT2D eigenvalue weighted by atomic mass is 10.3. The van der Waals surface area contributed by atoms with Crippen LogP contribution < -0.4 is 9.62 Å². The minimum absolute atomic E-state index is 0.0289. The number of para-hydroxylation sites is 1. The normalized spacial score (nSPS) is 12.2. The standard InChI is InChI=1S/C21H20FN3O5S2/c1-14(24-32(28,29)17-8-4-3-5-9-17)20(27)30-12-16-13-31-21(23-16)25(15(2)26)19-11-7-6-10-18(19)22/h3-11,13-14,24H,12H2,1-2H3/t14-/m0/s1. The van der Waals surface area contributed by atoms with E-state index in [2.05, 4.69) is 9.71 Å². The van der Waals surface area contributed by atoms with Crippen LogP contribution in [-0.4, -0.2) is 31.3 Å². The Balaban J connectivity index is 1.65. The molecular weight excluding hydrogens is 457 g/mol. The van der Waals surface area contributed by atoms with Crippen molar-refractivity contribution in [2.45, 2.75) is 31.4 Å². The van der Waals surface area contributed by atoms with Crippen LogP contribution in [0.2, 0.25) is 0 Å². The van der Waals surface area contributed by atoms with Crippen LogP contribution in [0.4, 0.5) is 15.2 Å². The fourth-order valence-corrected chi connectivity index (χ4v) is 4.80. The molecule has 0 saturated heterocycles. The fourth-order valence-electron chi connectivity index (χ4n) is 2.72. The summed E-state index contributed by atoms with van der Waals surface area (Å²) in [5, 5.41) is 1.78. The van der Waals surface area contributed by atoms with E-state index < -0.39 is 33.8 Å². The van der Waals surface area contributed by atoms with Gasteiger partial charge in [0.05, 0.1) is 16.3 Å². The van der Waals surface area contributed by atoms with Crippen molar-refractivity contribution < 1.29 is 27.1 Å². The van der Waals surface area contributed by atoms with Crippen molar-refractivity contribution in [1.29, 1.82) is 0 Å². The number of carbonyl (C=O) groups excluding carboxylic acids is 2. The van der Waals surface area contributed by atoms with Gasteiger partial charge in [-0.3, -0.25) is 14.5 Å². The molecule has 2 aromatic carbocycles. The fraction of sp³-hybridized carbons (Fsp3) is 0.190. The predicted molar refractivity (Wildman–Crippen MR) is 117 cm³/mol. The number of aromatic nitrogens is 1. The SMILES string of the molecule is CC(=O)N(c1nc(COC(=O)[C@H](C)NS(=O)(=O)c2ccccc2)cs1)c1ccccc1F. The zero-order valence-corrected chi connectivity index (χ0v) is 18.8. The number of amides is 1. The van der Waals surface area contributed by atoms with E-state index >= 15 is 0 Å². The lowest BCUT2D eigenvalue weighted by Crippen LogP contribution is -2.39. The van der Waals surface area contributed by atoms with Gasteiger partial charge in [-0.25, -0.2) is 17.8 Å². The number of halogens is 1. The first-order valence-electron chi connectivity index (χ1n) is 9.42. The Hall–Kier alpha value is -3.15. The number of nitrogens with one attached hydrogen (secondary N) is 1. The number of rotatable bonds is 8. The van der Waals surface area contributed by atoms with Gasteiger partial charge in [-0.2, -0.15) is 4.72 Å². The van der Waals surface area contributed by atoms with Gasteiger partial charge >= 0.3 is 5.97 Å². The highest BCUT2D eigenvalue weighted by molar-refractivity contribution is 7.89. The second-order valence-electron chi connectivity index (χ2n) is 6.69. The smallest absolute Gasteiger partial charge is 0.324 e. The van der Waals surface area contributed by atoms with Gasteiger partial charge in [-0.05, 0) is 31.2 Å². The summed E-state index contributed by atoms with van der Waals surface area (Å²) in [4.78, 5) is 29.7. The van der Waals surface area contributed by atoms with Crippen molar-refractivity contribution in [2.75, 3.05) is 4.90 Å². The molecular formula is C21H20FN3O5S2. The zero-order valence-electron chi connectivity index (χ0n) is 17.2. The van der Waals surface area contributed by atoms with E-state index in [0.29, 0.717) is 5.69 Å². The topological polar surface area (TPSA) is 106 Å². The summed E-state index contributed by atoms with van der Waals surface area (Å²) in [5.74, 6) is -1.81. The summed E-state index contributed by atoms with van der Waals surface area (Å²) in [6.07, 6.45) is 0. The van der Waals surface area contributed by atoms with Crippen LogP contribution in [0.15, 0.2) is 64.9 Å². The molecule has 0 aliphatic carbocycles. The molecule has 11 heteroatoms. The maximum Gasteiger partial charge on any atom is 0.324 e. The second-order valence-corrected chi connectivity index (χ2v) is 9.24. The molecule has 0 spiro atoms. The molecule has 1 aromatic heterocycles. The number of hydrogen-bond acceptors (Lipinski definition) is 7. The molecule has 1 N–H and O–H groups in total. The molecule has 0 bridgehead atoms. The van der Waals surface area contributed by atoms with E-state index in [4.69, 9.17) is 4.74 Å². The van der Waals surface area contributed by atoms with Gasteiger partial charge in [0, 0.05) is 12.3 Å². The Morgan fingerprint density at radius 2 is 1.81 bits per heavy atom. The van der Waals surface area contributed by atoms with Crippen molar-refractivity contribution >= 4 is 44.1 Å². The molecule has 168 valence electrons. The molecule has 32 heavy (non-hydrogen) atoms. The van der Waals surface area contributed by atoms with E-state index in [0.717, 1.165) is 16.2 Å². The highest BCUT2D eigenvalue weighted by Gasteiger charge is 2.24. The van der Waals surface area contributed by atoms with Crippen molar-refractivity contribution in [1.82, 2.24) is 9.71 Å². The van der Waals surface area contributed by atoms with Crippen LogP contribution in [0.1, 0.15) is 19.5 Å². The first kappa shape index (κ1) is 23.5. The number of carbonyl (C=O) groups is 2. The minimum Gasteiger partial charge on any atom is -0.458 e. The molecule has 0 fully saturated rings. The number of benzene rings is 2. The van der Waals surface area contributed by atoms with E-state index in [9.17, 15) is 22.4 Å². The number of hydrogen-bond donors (Lipinski definition) is 1. The van der Waals surface area contributed by atoms with Crippen molar-refractivity contribution in [3.05, 3.63) is 71.5 Å². The van der Waals surface area contributed by atoms with Gasteiger partial charge in [0.2, 0.25) is 15.9 Å². The van der Waals surface area contributed by atoms with Crippen molar-refractivity contribution in [2.24, 2.45) is 0 Å². The second kappa shape index (κ2) is 9.98. The van der Waals surface area contributed by atoms with Crippen molar-refractivity contribution in [3.8, 4) is 0 Å². The molecule has 1 heterocycles. The maximum atomic E-state index is 14.2. The highest BCUT2D eigenvalue weighted by Crippen LogP contribution is 2.30. The van der Waals surface area contributed by atoms with E-state index in [1.807, 2.05) is 0 Å². The van der Waals surface area contributed by atoms with Crippen LogP contribution in [0.5, 0.6) is 0 Å². The minimum atomic E-state index is -3.88. The molecule has 3 aromatic rings. The number of anilines is 2. The van der Waals surface area contributed by atoms with Gasteiger partial charge in [0.25, 0.3) is 0 Å². The number of ether oxygens (including phenoxy) is 1. The Morgan fingerprint density at radius 1 is 1.16 bits per heavy atom. The molecule has 3 rings (SSSR count). The highest BCUT2D eigenvalue weighted by atomic mass is 32.2. The van der Waals surface area contributed by atoms with Crippen LogP contribution in [0.3, 0.4) is 0 Å². The first-order chi connectivity index (χ1) is 15.2. The monoisotopic (exact) mass is 477 g/mol. The average Bonchev–Trinajstić information content (AvgIpc) is 3.22. The predicted octanol–water partition coefficient (Wildman–Crippen LogP) is 3.38. The molecule has 0 unspecified atom stereocenters. The van der Waals surface area contributed by atoms with E-state index in [-0.39, 0.29) is 22.3 Å². The van der Waals surface area contributed by atoms with Crippen LogP contribution in [-0.2, 0) is 31.0 Å². The van der Waals surface area contributed by atoms with Gasteiger partial charge < -0.3 is 4.74 Å². The van der Waals surface area contributed by atoms with Crippen molar-refractivity contribution in [3.63, 3.8) is 0 Å². The van der Waals surface area contributed by atoms with Crippen LogP contribution in [0.25, 0.3) is 0 Å². The third kappa shape index (κ3) is 5.55. The Bertz CT molecular complexity index is 1210. The number of thiazole rings is 1. The molecule has 1 atom stereocenters. The largest absolute Gasteiger partial charge is 0.458 e. The average molecular weight is 478 g/mol. The van der Waals surface area contributed by atoms with E-state index in [1.54, 1.807) is 29.6 Å². The summed E-state index contributed by atoms with van der Waals surface area (Å²) in [6.45, 7) is 2.41.